The summed E-state index contributed by atoms with van der Waals surface area (Å²) in [6.45, 7) is 4.56. The predicted octanol–water partition coefficient (Wildman–Crippen LogP) is 2.29. The van der Waals surface area contributed by atoms with Crippen LogP contribution in [0, 0.1) is 18.3 Å². The third-order valence-electron chi connectivity index (χ3n) is 3.91. The zero-order valence-electron chi connectivity index (χ0n) is 12.2. The number of nitrogens with two attached hydrogens (primary N) is 1. The van der Waals surface area contributed by atoms with Crippen molar-refractivity contribution in [3.63, 3.8) is 0 Å². The Labute approximate surface area is 124 Å². The van der Waals surface area contributed by atoms with E-state index in [0.717, 1.165) is 37.3 Å². The molecule has 0 saturated carbocycles. The first-order chi connectivity index (χ1) is 10.2. The highest BCUT2D eigenvalue weighted by atomic mass is 15.4. The predicted molar refractivity (Wildman–Crippen MR) is 83.1 cm³/mol. The first-order valence-electron chi connectivity index (χ1n) is 7.26. The van der Waals surface area contributed by atoms with Gasteiger partial charge in [0.25, 0.3) is 0 Å². The minimum absolute atomic E-state index is 0.459. The fourth-order valence-electron chi connectivity index (χ4n) is 2.82. The normalized spacial score (nSPS) is 14.4. The summed E-state index contributed by atoms with van der Waals surface area (Å²) in [7, 11) is 0. The molecule has 108 valence electrons. The van der Waals surface area contributed by atoms with Crippen molar-refractivity contribution in [1.29, 1.82) is 5.26 Å². The van der Waals surface area contributed by atoms with Crippen LogP contribution >= 0.6 is 0 Å². The summed E-state index contributed by atoms with van der Waals surface area (Å²) < 4.78 is 1.74. The van der Waals surface area contributed by atoms with E-state index in [1.807, 2.05) is 6.07 Å². The van der Waals surface area contributed by atoms with Gasteiger partial charge in [0.15, 0.2) is 5.82 Å². The number of nitrogens with zero attached hydrogens (tertiary/aromatic N) is 4. The lowest BCUT2D eigenvalue weighted by Gasteiger charge is -2.13. The number of rotatable bonds is 3. The summed E-state index contributed by atoms with van der Waals surface area (Å²) in [6, 6.07) is 10.5. The first kappa shape index (κ1) is 13.5. The van der Waals surface area contributed by atoms with Gasteiger partial charge < -0.3 is 10.6 Å². The highest BCUT2D eigenvalue weighted by Gasteiger charge is 2.23. The molecule has 0 atom stereocenters. The summed E-state index contributed by atoms with van der Waals surface area (Å²) in [6.07, 6.45) is 2.30. The molecule has 0 radical (unpaired) electrons. The van der Waals surface area contributed by atoms with Crippen molar-refractivity contribution in [2.75, 3.05) is 23.7 Å². The van der Waals surface area contributed by atoms with Gasteiger partial charge in [-0.1, -0.05) is 29.8 Å². The molecule has 1 aliphatic heterocycles. The molecule has 1 aromatic carbocycles. The van der Waals surface area contributed by atoms with Gasteiger partial charge in [0.2, 0.25) is 0 Å². The average molecular weight is 281 g/mol. The lowest BCUT2D eigenvalue weighted by molar-refractivity contribution is 0.691. The minimum atomic E-state index is 0.459. The first-order valence-corrected chi connectivity index (χ1v) is 7.26. The molecule has 1 aliphatic rings. The van der Waals surface area contributed by atoms with Crippen LogP contribution in [-0.2, 0) is 6.54 Å². The topological polar surface area (TPSA) is 70.9 Å². The number of nitriles is 1. The van der Waals surface area contributed by atoms with Crippen molar-refractivity contribution in [3.8, 4) is 6.07 Å². The van der Waals surface area contributed by atoms with E-state index in [1.54, 1.807) is 4.68 Å². The lowest BCUT2D eigenvalue weighted by atomic mass is 10.1. The van der Waals surface area contributed by atoms with Crippen molar-refractivity contribution in [2.24, 2.45) is 0 Å². The molecule has 0 spiro atoms. The maximum Gasteiger partial charge on any atom is 0.170 e. The molecular weight excluding hydrogens is 262 g/mol. The van der Waals surface area contributed by atoms with Gasteiger partial charge in [0.05, 0.1) is 6.54 Å². The van der Waals surface area contributed by atoms with E-state index in [0.29, 0.717) is 17.9 Å². The third-order valence-corrected chi connectivity index (χ3v) is 3.91. The van der Waals surface area contributed by atoms with Crippen LogP contribution in [0.25, 0.3) is 0 Å². The average Bonchev–Trinajstić information content (AvgIpc) is 3.08. The largest absolute Gasteiger partial charge is 0.383 e. The lowest BCUT2D eigenvalue weighted by Crippen LogP contribution is -2.19. The zero-order valence-corrected chi connectivity index (χ0v) is 12.2. The van der Waals surface area contributed by atoms with Gasteiger partial charge >= 0.3 is 0 Å². The van der Waals surface area contributed by atoms with Gasteiger partial charge in [-0.3, -0.25) is 0 Å². The van der Waals surface area contributed by atoms with E-state index in [-0.39, 0.29) is 0 Å². The monoisotopic (exact) mass is 281 g/mol. The summed E-state index contributed by atoms with van der Waals surface area (Å²) >= 11 is 0. The molecule has 5 nitrogen and oxygen atoms in total. The summed E-state index contributed by atoms with van der Waals surface area (Å²) in [4.78, 5) is 2.15. The number of nitrogen functional groups attached to an aromatic ring is 1. The quantitative estimate of drug-likeness (QED) is 0.937. The summed E-state index contributed by atoms with van der Waals surface area (Å²) in [5.74, 6) is 1.20. The molecule has 2 aromatic rings. The highest BCUT2D eigenvalue weighted by molar-refractivity contribution is 5.65. The van der Waals surface area contributed by atoms with Crippen LogP contribution in [0.4, 0.5) is 11.6 Å². The highest BCUT2D eigenvalue weighted by Crippen LogP contribution is 2.27. The third kappa shape index (κ3) is 2.57. The Hall–Kier alpha value is -2.48. The standard InChI is InChI=1S/C16H19N5/c1-12-5-4-6-13(9-12)11-21-15(18)14(10-17)16(19-21)20-7-2-3-8-20/h4-6,9H,2-3,7-8,11,18H2,1H3. The second-order valence-corrected chi connectivity index (χ2v) is 5.54. The molecule has 0 unspecified atom stereocenters. The Morgan fingerprint density at radius 2 is 2.10 bits per heavy atom. The molecule has 2 N–H and O–H groups in total. The molecule has 3 rings (SSSR count). The van der Waals surface area contributed by atoms with E-state index >= 15 is 0 Å². The second-order valence-electron chi connectivity index (χ2n) is 5.54. The summed E-state index contributed by atoms with van der Waals surface area (Å²) in [5.41, 5.74) is 8.97. The minimum Gasteiger partial charge on any atom is -0.383 e. The van der Waals surface area contributed by atoms with Crippen LogP contribution in [0.3, 0.4) is 0 Å². The number of aryl methyl sites for hydroxylation is 1. The number of benzene rings is 1. The van der Waals surface area contributed by atoms with Crippen molar-refractivity contribution >= 4 is 11.6 Å². The van der Waals surface area contributed by atoms with Crippen LogP contribution in [0.15, 0.2) is 24.3 Å². The van der Waals surface area contributed by atoms with Crippen LogP contribution < -0.4 is 10.6 Å². The summed E-state index contributed by atoms with van der Waals surface area (Å²) in [5, 5.41) is 14.0. The van der Waals surface area contributed by atoms with Crippen LogP contribution in [0.1, 0.15) is 29.5 Å². The van der Waals surface area contributed by atoms with Gasteiger partial charge in [-0.05, 0) is 25.3 Å². The SMILES string of the molecule is Cc1cccc(Cn2nc(N3CCCC3)c(C#N)c2N)c1. The van der Waals surface area contributed by atoms with Gasteiger partial charge in [-0.2, -0.15) is 10.4 Å². The van der Waals surface area contributed by atoms with Crippen molar-refractivity contribution in [3.05, 3.63) is 41.0 Å². The zero-order chi connectivity index (χ0) is 14.8. The second kappa shape index (κ2) is 5.49. The van der Waals surface area contributed by atoms with Gasteiger partial charge in [0.1, 0.15) is 17.5 Å². The molecule has 21 heavy (non-hydrogen) atoms. The number of anilines is 2. The fourth-order valence-corrected chi connectivity index (χ4v) is 2.82. The van der Waals surface area contributed by atoms with Gasteiger partial charge in [-0.15, -0.1) is 0 Å². The van der Waals surface area contributed by atoms with Crippen LogP contribution in [-0.4, -0.2) is 22.9 Å². The Bertz CT molecular complexity index is 689. The van der Waals surface area contributed by atoms with E-state index in [2.05, 4.69) is 41.2 Å². The number of aromatic nitrogens is 2. The van der Waals surface area contributed by atoms with Crippen LogP contribution in [0.2, 0.25) is 0 Å². The van der Waals surface area contributed by atoms with Crippen molar-refractivity contribution in [2.45, 2.75) is 26.3 Å². The molecule has 1 saturated heterocycles. The van der Waals surface area contributed by atoms with Gasteiger partial charge in [-0.25, -0.2) is 4.68 Å². The maximum atomic E-state index is 9.37. The molecule has 2 heterocycles. The molecule has 0 aliphatic carbocycles. The maximum absolute atomic E-state index is 9.37. The van der Waals surface area contributed by atoms with E-state index in [4.69, 9.17) is 5.73 Å². The smallest absolute Gasteiger partial charge is 0.170 e. The van der Waals surface area contributed by atoms with Crippen LogP contribution in [0.5, 0.6) is 0 Å². The Balaban J connectivity index is 1.94. The van der Waals surface area contributed by atoms with Crippen molar-refractivity contribution < 1.29 is 0 Å². The van der Waals surface area contributed by atoms with Gasteiger partial charge in [0, 0.05) is 13.1 Å². The fraction of sp³-hybridized carbons (Fsp3) is 0.375. The van der Waals surface area contributed by atoms with E-state index in [1.165, 1.54) is 5.56 Å². The molecule has 0 bridgehead atoms. The molecule has 1 fully saturated rings. The number of hydrogen-bond donors (Lipinski definition) is 1. The Morgan fingerprint density at radius 1 is 1.33 bits per heavy atom. The molecule has 0 amide bonds. The molecule has 5 heteroatoms. The molecule has 1 aromatic heterocycles. The van der Waals surface area contributed by atoms with E-state index in [9.17, 15) is 5.26 Å². The Morgan fingerprint density at radius 3 is 2.76 bits per heavy atom. The van der Waals surface area contributed by atoms with E-state index < -0.39 is 0 Å². The Kier molecular flexibility index (Phi) is 3.53. The molecular formula is C16H19N5. The van der Waals surface area contributed by atoms with Crippen molar-refractivity contribution in [1.82, 2.24) is 9.78 Å². The number of hydrogen-bond acceptors (Lipinski definition) is 4.